The van der Waals surface area contributed by atoms with Gasteiger partial charge in [-0.05, 0) is 79.4 Å². The van der Waals surface area contributed by atoms with Crippen molar-refractivity contribution in [2.24, 2.45) is 0 Å². The van der Waals surface area contributed by atoms with E-state index in [0.29, 0.717) is 5.66 Å². The molecule has 5 aromatic carbocycles. The van der Waals surface area contributed by atoms with E-state index in [2.05, 4.69) is 133 Å². The molecule has 0 bridgehead atoms. The molecule has 0 nitrogen and oxygen atoms in total. The van der Waals surface area contributed by atoms with Gasteiger partial charge in [0.2, 0.25) is 0 Å². The van der Waals surface area contributed by atoms with Crippen molar-refractivity contribution in [2.75, 3.05) is 6.16 Å². The summed E-state index contributed by atoms with van der Waals surface area (Å²) in [5.41, 5.74) is 1.89. The molecule has 0 amide bonds. The number of rotatable bonds is 10. The number of aryl methyl sites for hydroxylation is 1. The molecular formula is C34H31ClP2. The van der Waals surface area contributed by atoms with Gasteiger partial charge in [0.25, 0.3) is 0 Å². The molecule has 0 aliphatic rings. The van der Waals surface area contributed by atoms with Crippen molar-refractivity contribution in [2.45, 2.75) is 18.5 Å². The molecule has 0 aliphatic carbocycles. The Balaban J connectivity index is 1.56. The van der Waals surface area contributed by atoms with Crippen molar-refractivity contribution in [1.29, 1.82) is 0 Å². The topological polar surface area (TPSA) is 0 Å². The molecule has 0 N–H and O–H groups in total. The zero-order valence-electron chi connectivity index (χ0n) is 20.8. The number of benzene rings is 5. The predicted molar refractivity (Wildman–Crippen MR) is 167 cm³/mol. The smallest absolute Gasteiger partial charge is 0.0406 e. The molecule has 5 rings (SSSR count). The summed E-state index contributed by atoms with van der Waals surface area (Å²) in [6, 6.07) is 53.1. The minimum absolute atomic E-state index is 0.494. The largest absolute Gasteiger partial charge is 0.0843 e. The van der Waals surface area contributed by atoms with Crippen molar-refractivity contribution in [1.82, 2.24) is 0 Å². The van der Waals surface area contributed by atoms with Gasteiger partial charge in [-0.3, -0.25) is 0 Å². The molecule has 0 aliphatic heterocycles. The quantitative estimate of drug-likeness (QED) is 0.159. The Kier molecular flexibility index (Phi) is 9.21. The maximum absolute atomic E-state index is 6.20. The molecule has 0 spiro atoms. The Morgan fingerprint density at radius 1 is 0.486 bits per heavy atom. The maximum atomic E-state index is 6.20. The number of hydrogen-bond donors (Lipinski definition) is 0. The van der Waals surface area contributed by atoms with Crippen LogP contribution in [0.3, 0.4) is 0 Å². The van der Waals surface area contributed by atoms with Gasteiger partial charge in [0.1, 0.15) is 0 Å². The van der Waals surface area contributed by atoms with Crippen LogP contribution in [0, 0.1) is 0 Å². The Labute approximate surface area is 228 Å². The van der Waals surface area contributed by atoms with Crippen molar-refractivity contribution in [3.63, 3.8) is 0 Å². The molecule has 184 valence electrons. The molecule has 1 unspecified atom stereocenters. The van der Waals surface area contributed by atoms with Crippen molar-refractivity contribution in [3.05, 3.63) is 156 Å². The standard InChI is InChI=1S/C34H31ClP2/c35-29-24-21-28(22-25-29)23-26-34(37(32-17-9-3-10-18-32)33-19-11-4-12-20-33)27-36(30-13-5-1-6-14-30)31-15-7-2-8-16-31/h1-22,24-25,34H,23,26-27H2. The van der Waals surface area contributed by atoms with Crippen LogP contribution >= 0.6 is 27.4 Å². The third-order valence-corrected chi connectivity index (χ3v) is 12.7. The lowest BCUT2D eigenvalue weighted by Gasteiger charge is -2.32. The minimum atomic E-state index is -0.540. The van der Waals surface area contributed by atoms with Crippen LogP contribution < -0.4 is 21.2 Å². The molecule has 0 saturated heterocycles. The Bertz CT molecular complexity index is 1260. The summed E-state index contributed by atoms with van der Waals surface area (Å²) in [7, 11) is -1.03. The van der Waals surface area contributed by atoms with E-state index in [1.807, 2.05) is 12.1 Å². The van der Waals surface area contributed by atoms with Crippen molar-refractivity contribution < 1.29 is 0 Å². The highest BCUT2D eigenvalue weighted by Crippen LogP contribution is 2.48. The van der Waals surface area contributed by atoms with Crippen LogP contribution in [0.4, 0.5) is 0 Å². The Morgan fingerprint density at radius 3 is 1.32 bits per heavy atom. The first-order valence-corrected chi connectivity index (χ1v) is 16.1. The maximum Gasteiger partial charge on any atom is 0.0406 e. The second-order valence-electron chi connectivity index (χ2n) is 9.14. The van der Waals surface area contributed by atoms with Gasteiger partial charge in [0, 0.05) is 5.02 Å². The first-order chi connectivity index (χ1) is 18.3. The monoisotopic (exact) mass is 536 g/mol. The molecule has 5 aromatic rings. The Morgan fingerprint density at radius 2 is 0.892 bits per heavy atom. The van der Waals surface area contributed by atoms with Crippen LogP contribution in [0.2, 0.25) is 5.02 Å². The first-order valence-electron chi connectivity index (χ1n) is 12.8. The molecule has 0 aromatic heterocycles. The average Bonchev–Trinajstić information content (AvgIpc) is 2.97. The highest BCUT2D eigenvalue weighted by atomic mass is 35.5. The minimum Gasteiger partial charge on any atom is -0.0843 e. The van der Waals surface area contributed by atoms with Gasteiger partial charge in [-0.15, -0.1) is 0 Å². The average molecular weight is 537 g/mol. The highest BCUT2D eigenvalue weighted by molar-refractivity contribution is 7.77. The molecule has 0 saturated carbocycles. The fourth-order valence-electron chi connectivity index (χ4n) is 4.82. The van der Waals surface area contributed by atoms with Gasteiger partial charge in [-0.2, -0.15) is 0 Å². The van der Waals surface area contributed by atoms with E-state index < -0.39 is 15.8 Å². The summed E-state index contributed by atoms with van der Waals surface area (Å²) in [6.07, 6.45) is 3.34. The van der Waals surface area contributed by atoms with Gasteiger partial charge >= 0.3 is 0 Å². The number of hydrogen-bond acceptors (Lipinski definition) is 0. The van der Waals surface area contributed by atoms with Crippen LogP contribution in [0.1, 0.15) is 12.0 Å². The van der Waals surface area contributed by atoms with E-state index in [1.54, 1.807) is 0 Å². The summed E-state index contributed by atoms with van der Waals surface area (Å²) in [5, 5.41) is 6.63. The lowest BCUT2D eigenvalue weighted by molar-refractivity contribution is 0.811. The molecular weight excluding hydrogens is 506 g/mol. The van der Waals surface area contributed by atoms with E-state index >= 15 is 0 Å². The van der Waals surface area contributed by atoms with Gasteiger partial charge in [-0.25, -0.2) is 0 Å². The van der Waals surface area contributed by atoms with E-state index in [-0.39, 0.29) is 0 Å². The van der Waals surface area contributed by atoms with E-state index in [9.17, 15) is 0 Å². The van der Waals surface area contributed by atoms with Crippen LogP contribution in [0.15, 0.2) is 146 Å². The zero-order valence-corrected chi connectivity index (χ0v) is 23.4. The fourth-order valence-corrected chi connectivity index (χ4v) is 11.0. The van der Waals surface area contributed by atoms with Crippen LogP contribution in [0.25, 0.3) is 0 Å². The summed E-state index contributed by atoms with van der Waals surface area (Å²) < 4.78 is 0. The van der Waals surface area contributed by atoms with E-state index in [4.69, 9.17) is 11.6 Å². The summed E-state index contributed by atoms with van der Waals surface area (Å²) in [4.78, 5) is 0. The van der Waals surface area contributed by atoms with Gasteiger partial charge in [-0.1, -0.05) is 145 Å². The fraction of sp³-hybridized carbons (Fsp3) is 0.118. The highest BCUT2D eigenvalue weighted by Gasteiger charge is 2.28. The SMILES string of the molecule is Clc1ccc(CCC(CP(c2ccccc2)c2ccccc2)P(c2ccccc2)c2ccccc2)cc1. The van der Waals surface area contributed by atoms with E-state index in [1.165, 1.54) is 26.8 Å². The van der Waals surface area contributed by atoms with Gasteiger partial charge < -0.3 is 0 Å². The third-order valence-electron chi connectivity index (χ3n) is 6.64. The lowest BCUT2D eigenvalue weighted by atomic mass is 10.1. The molecule has 0 fully saturated rings. The lowest BCUT2D eigenvalue weighted by Crippen LogP contribution is -2.28. The van der Waals surface area contributed by atoms with Gasteiger partial charge in [0.05, 0.1) is 0 Å². The molecule has 0 radical (unpaired) electrons. The molecule has 37 heavy (non-hydrogen) atoms. The molecule has 3 heteroatoms. The van der Waals surface area contributed by atoms with Crippen LogP contribution in [0.5, 0.6) is 0 Å². The number of halogens is 1. The second-order valence-corrected chi connectivity index (χ2v) is 14.3. The van der Waals surface area contributed by atoms with Crippen molar-refractivity contribution >= 4 is 48.7 Å². The normalized spacial score (nSPS) is 12.1. The Hall–Kier alpha value is -2.75. The van der Waals surface area contributed by atoms with E-state index in [0.717, 1.165) is 24.0 Å². The van der Waals surface area contributed by atoms with Gasteiger partial charge in [0.15, 0.2) is 0 Å². The summed E-state index contributed by atoms with van der Waals surface area (Å²) in [5.74, 6) is 0. The first kappa shape index (κ1) is 25.9. The van der Waals surface area contributed by atoms with Crippen LogP contribution in [-0.2, 0) is 6.42 Å². The van der Waals surface area contributed by atoms with Crippen molar-refractivity contribution in [3.8, 4) is 0 Å². The summed E-state index contributed by atoms with van der Waals surface area (Å²) >= 11 is 6.20. The molecule has 0 heterocycles. The van der Waals surface area contributed by atoms with Crippen LogP contribution in [-0.4, -0.2) is 11.8 Å². The summed E-state index contributed by atoms with van der Waals surface area (Å²) in [6.45, 7) is 0. The zero-order chi connectivity index (χ0) is 25.3. The predicted octanol–water partition coefficient (Wildman–Crippen LogP) is 7.91. The molecule has 1 atom stereocenters. The third kappa shape index (κ3) is 6.97. The second kappa shape index (κ2) is 13.2.